The Morgan fingerprint density at radius 1 is 1.60 bits per heavy atom. The van der Waals surface area contributed by atoms with Gasteiger partial charge in [0.05, 0.1) is 11.9 Å². The Morgan fingerprint density at radius 3 is 2.93 bits per heavy atom. The summed E-state index contributed by atoms with van der Waals surface area (Å²) in [6.45, 7) is 0. The zero-order valence-corrected chi connectivity index (χ0v) is 8.65. The van der Waals surface area contributed by atoms with E-state index in [0.29, 0.717) is 5.69 Å². The van der Waals surface area contributed by atoms with Gasteiger partial charge in [0.2, 0.25) is 10.1 Å². The first-order chi connectivity index (χ1) is 7.15. The molecule has 15 heavy (non-hydrogen) atoms. The molecule has 2 rings (SSSR count). The van der Waals surface area contributed by atoms with Gasteiger partial charge in [-0.3, -0.25) is 9.48 Å². The lowest BCUT2D eigenvalue weighted by Crippen LogP contribution is -2.10. The summed E-state index contributed by atoms with van der Waals surface area (Å²) in [5.74, 6) is -0.336. The zero-order valence-electron chi connectivity index (χ0n) is 7.84. The number of nitrogens with one attached hydrogen (secondary N) is 1. The number of nitrogens with zero attached hydrogens (tertiary/aromatic N) is 4. The third-order valence-electron chi connectivity index (χ3n) is 1.60. The number of amides is 1. The quantitative estimate of drug-likeness (QED) is 0.754. The van der Waals surface area contributed by atoms with E-state index in [9.17, 15) is 4.79 Å². The van der Waals surface area contributed by atoms with Crippen LogP contribution < -0.4 is 11.1 Å². The summed E-state index contributed by atoms with van der Waals surface area (Å²) in [7, 11) is 1.76. The van der Waals surface area contributed by atoms with Gasteiger partial charge in [-0.25, -0.2) is 0 Å². The van der Waals surface area contributed by atoms with E-state index in [2.05, 4.69) is 20.6 Å². The minimum Gasteiger partial charge on any atom is -0.374 e. The van der Waals surface area contributed by atoms with E-state index in [0.717, 1.165) is 11.3 Å². The number of carbonyl (C=O) groups excluding carboxylic acids is 1. The van der Waals surface area contributed by atoms with Crippen molar-refractivity contribution in [2.75, 3.05) is 11.1 Å². The molecule has 0 radical (unpaired) electrons. The molecule has 0 aliphatic carbocycles. The van der Waals surface area contributed by atoms with Crippen molar-refractivity contribution in [1.82, 2.24) is 20.0 Å². The fourth-order valence-electron chi connectivity index (χ4n) is 0.997. The summed E-state index contributed by atoms with van der Waals surface area (Å²) in [6, 6.07) is 0. The first-order valence-electron chi connectivity index (χ1n) is 4.04. The van der Waals surface area contributed by atoms with Crippen molar-refractivity contribution in [2.45, 2.75) is 0 Å². The maximum Gasteiger partial charge on any atom is 0.286 e. The summed E-state index contributed by atoms with van der Waals surface area (Å²) >= 11 is 1.04. The maximum absolute atomic E-state index is 11.5. The molecule has 8 heteroatoms. The van der Waals surface area contributed by atoms with Gasteiger partial charge in [0, 0.05) is 13.2 Å². The van der Waals surface area contributed by atoms with Gasteiger partial charge in [-0.2, -0.15) is 5.10 Å². The van der Waals surface area contributed by atoms with Crippen LogP contribution in [0.2, 0.25) is 0 Å². The normalized spacial score (nSPS) is 10.2. The van der Waals surface area contributed by atoms with Gasteiger partial charge < -0.3 is 11.1 Å². The fourth-order valence-corrected chi connectivity index (χ4v) is 1.50. The van der Waals surface area contributed by atoms with E-state index >= 15 is 0 Å². The highest BCUT2D eigenvalue weighted by atomic mass is 32.1. The second-order valence-corrected chi connectivity index (χ2v) is 3.81. The number of rotatable bonds is 2. The number of nitrogens with two attached hydrogens (primary N) is 1. The Morgan fingerprint density at radius 2 is 2.40 bits per heavy atom. The zero-order chi connectivity index (χ0) is 10.8. The Bertz CT molecular complexity index is 489. The SMILES string of the molecule is Cn1cc(NC(=O)c2nnc(N)s2)cn1. The standard InChI is InChI=1S/C7H8N6OS/c1-13-3-4(2-9-13)10-5(14)6-11-12-7(8)15-6/h2-3H,1H3,(H2,8,12)(H,10,14). The number of anilines is 2. The van der Waals surface area contributed by atoms with Crippen LogP contribution in [-0.4, -0.2) is 25.9 Å². The molecule has 2 aromatic heterocycles. The van der Waals surface area contributed by atoms with Crippen LogP contribution in [0, 0.1) is 0 Å². The molecule has 0 aliphatic rings. The Labute approximate surface area is 88.9 Å². The minimum absolute atomic E-state index is 0.233. The van der Waals surface area contributed by atoms with Crippen molar-refractivity contribution >= 4 is 28.1 Å². The average Bonchev–Trinajstić information content (AvgIpc) is 2.75. The van der Waals surface area contributed by atoms with Crippen LogP contribution in [0.25, 0.3) is 0 Å². The van der Waals surface area contributed by atoms with E-state index in [1.165, 1.54) is 0 Å². The largest absolute Gasteiger partial charge is 0.374 e. The van der Waals surface area contributed by atoms with Crippen molar-refractivity contribution in [2.24, 2.45) is 7.05 Å². The molecule has 0 spiro atoms. The first-order valence-corrected chi connectivity index (χ1v) is 4.86. The molecule has 78 valence electrons. The summed E-state index contributed by atoms with van der Waals surface area (Å²) < 4.78 is 1.59. The lowest BCUT2D eigenvalue weighted by atomic mass is 10.5. The smallest absolute Gasteiger partial charge is 0.286 e. The van der Waals surface area contributed by atoms with Crippen molar-refractivity contribution < 1.29 is 4.79 Å². The lowest BCUT2D eigenvalue weighted by molar-refractivity contribution is 0.102. The number of hydrogen-bond acceptors (Lipinski definition) is 6. The second kappa shape index (κ2) is 3.65. The first kappa shape index (κ1) is 9.59. The molecular formula is C7H8N6OS. The van der Waals surface area contributed by atoms with Crippen LogP contribution in [0.3, 0.4) is 0 Å². The van der Waals surface area contributed by atoms with Gasteiger partial charge in [-0.05, 0) is 0 Å². The van der Waals surface area contributed by atoms with E-state index < -0.39 is 0 Å². The molecule has 0 fully saturated rings. The predicted octanol–water partition coefficient (Wildman–Crippen LogP) is 0.106. The molecular weight excluding hydrogens is 216 g/mol. The third-order valence-corrected chi connectivity index (χ3v) is 2.35. The van der Waals surface area contributed by atoms with Gasteiger partial charge in [0.1, 0.15) is 0 Å². The van der Waals surface area contributed by atoms with Crippen LogP contribution in [-0.2, 0) is 7.05 Å². The number of hydrogen-bond donors (Lipinski definition) is 2. The predicted molar refractivity (Wildman–Crippen MR) is 55.5 cm³/mol. The molecule has 2 aromatic rings. The highest BCUT2D eigenvalue weighted by Crippen LogP contribution is 2.13. The van der Waals surface area contributed by atoms with Gasteiger partial charge >= 0.3 is 0 Å². The molecule has 0 saturated heterocycles. The average molecular weight is 224 g/mol. The number of aryl methyl sites for hydroxylation is 1. The van der Waals surface area contributed by atoms with Gasteiger partial charge in [0.15, 0.2) is 0 Å². The van der Waals surface area contributed by atoms with Gasteiger partial charge in [-0.1, -0.05) is 11.3 Å². The number of carbonyl (C=O) groups is 1. The highest BCUT2D eigenvalue weighted by Gasteiger charge is 2.12. The van der Waals surface area contributed by atoms with Gasteiger partial charge in [-0.15, -0.1) is 10.2 Å². The molecule has 0 unspecified atom stereocenters. The highest BCUT2D eigenvalue weighted by molar-refractivity contribution is 7.16. The molecule has 3 N–H and O–H groups in total. The van der Waals surface area contributed by atoms with Gasteiger partial charge in [0.25, 0.3) is 5.91 Å². The minimum atomic E-state index is -0.336. The Balaban J connectivity index is 2.10. The molecule has 2 heterocycles. The summed E-state index contributed by atoms with van der Waals surface area (Å²) in [5, 5.41) is 14.2. The number of nitrogen functional groups attached to an aromatic ring is 1. The Hall–Kier alpha value is -1.96. The molecule has 0 atom stereocenters. The lowest BCUT2D eigenvalue weighted by Gasteiger charge is -1.96. The van der Waals surface area contributed by atoms with Crippen LogP contribution in [0.15, 0.2) is 12.4 Å². The Kier molecular flexibility index (Phi) is 2.34. The topological polar surface area (TPSA) is 98.7 Å². The summed E-state index contributed by atoms with van der Waals surface area (Å²) in [4.78, 5) is 11.5. The summed E-state index contributed by atoms with van der Waals surface area (Å²) in [5.41, 5.74) is 5.97. The fraction of sp³-hybridized carbons (Fsp3) is 0.143. The third kappa shape index (κ3) is 2.10. The molecule has 0 saturated carbocycles. The summed E-state index contributed by atoms with van der Waals surface area (Å²) in [6.07, 6.45) is 3.23. The van der Waals surface area contributed by atoms with E-state index in [-0.39, 0.29) is 16.0 Å². The van der Waals surface area contributed by atoms with Crippen LogP contribution in [0.1, 0.15) is 9.80 Å². The molecule has 0 aliphatic heterocycles. The molecule has 0 aromatic carbocycles. The van der Waals surface area contributed by atoms with Crippen LogP contribution in [0.5, 0.6) is 0 Å². The van der Waals surface area contributed by atoms with Crippen molar-refractivity contribution in [3.8, 4) is 0 Å². The van der Waals surface area contributed by atoms with E-state index in [1.54, 1.807) is 24.1 Å². The van der Waals surface area contributed by atoms with Crippen LogP contribution >= 0.6 is 11.3 Å². The van der Waals surface area contributed by atoms with E-state index in [4.69, 9.17) is 5.73 Å². The second-order valence-electron chi connectivity index (χ2n) is 2.80. The van der Waals surface area contributed by atoms with Crippen molar-refractivity contribution in [1.29, 1.82) is 0 Å². The maximum atomic E-state index is 11.5. The van der Waals surface area contributed by atoms with Crippen molar-refractivity contribution in [3.63, 3.8) is 0 Å². The van der Waals surface area contributed by atoms with Crippen LogP contribution in [0.4, 0.5) is 10.8 Å². The molecule has 7 nitrogen and oxygen atoms in total. The number of aromatic nitrogens is 4. The van der Waals surface area contributed by atoms with E-state index in [1.807, 2.05) is 0 Å². The molecule has 0 bridgehead atoms. The molecule has 1 amide bonds. The van der Waals surface area contributed by atoms with Crippen molar-refractivity contribution in [3.05, 3.63) is 17.4 Å². The monoisotopic (exact) mass is 224 g/mol.